The predicted octanol–water partition coefficient (Wildman–Crippen LogP) is -15.7. The van der Waals surface area contributed by atoms with Crippen LogP contribution in [-0.4, -0.2) is 409 Å². The standard InChI is InChI=1S/C49H82O40/c1-11(59)42-74-12(2-50)13(3-51)75-43-28(67)21(60)36(15(5-53)76-43)84-45-30(69)23(62)38(17(7-55)78-45)86-47-32(71)25(64)40(19(9-57)80-47)88-49-34(73)27(66)41(20(10-58)82-49)89-48-33(72)26(65)39(18(8-56)81-48)87-46-31(70)24(63)37(16(6-54)79-46)85-44-29(68)22(61)35(83-42)14(4-52)77-44/h8,11-17,19-73H,2-7,9-10H2,1H3/b18-8-/t11-,12-,13+,14-,15-,16-,17-,19-,20-,21-,22-,23?,24-,25-,26-,27-,28-,29-,30-,31-,32-,33-,34-,35-,36-,37-,38-,39-,40-,41-,42-,43+,44+,45-,46-,47-,48-,49-/m1/s1. The van der Waals surface area contributed by atoms with Gasteiger partial charge in [0.25, 0.3) is 0 Å². The summed E-state index contributed by atoms with van der Waals surface area (Å²) in [5.41, 5.74) is 0. The van der Waals surface area contributed by atoms with E-state index in [0.717, 1.165) is 6.92 Å². The van der Waals surface area contributed by atoms with Gasteiger partial charge in [-0.15, -0.1) is 0 Å². The first kappa shape index (κ1) is 72.6. The van der Waals surface area contributed by atoms with E-state index < -0.39 is 292 Å². The molecule has 518 valence electrons. The SMILES string of the molecule is C[C@@H](O)[C@H]1O[C@H]2[C@H](O)[C@@H](O)[C@H](O[C@H]3[C@H](O)[C@@H](O)[C@@H](O[C@@H]4/C(=C/O)O[C@H](O[C@H]5[C@H](O)[C@@H](O)[C@@H](O[C@H]6[C@H](O)[C@@H](O)[C@H](O[C@@H]6CO)O[C@H]6C(O)[C@@H](O)[C@@H](O[C@H]7[C@H](O)[C@@H](O)[C@@H](O[C@@H](CO)[C@@H](CO)O1)O[C@@H]7CO)O[C@@H]6CO)O[C@@H]5CO)[C@H](O)[C@H]4O)O[C@@H]3CO)O[C@@H]2CO. The van der Waals surface area contributed by atoms with Crippen molar-refractivity contribution in [2.24, 2.45) is 0 Å². The van der Waals surface area contributed by atoms with Crippen LogP contribution in [0.1, 0.15) is 6.92 Å². The normalized spacial score (nSPS) is 52.6. The molecule has 24 N–H and O–H groups in total. The molecule has 0 aromatic rings. The van der Waals surface area contributed by atoms with Gasteiger partial charge in [0, 0.05) is 0 Å². The van der Waals surface area contributed by atoms with Crippen molar-refractivity contribution in [3.8, 4) is 0 Å². The van der Waals surface area contributed by atoms with Crippen molar-refractivity contribution >= 4 is 0 Å². The van der Waals surface area contributed by atoms with E-state index in [1.54, 1.807) is 0 Å². The van der Waals surface area contributed by atoms with Crippen molar-refractivity contribution in [1.29, 1.82) is 0 Å². The monoisotopic (exact) mass is 1310 g/mol. The quantitative estimate of drug-likeness (QED) is 0.0953. The largest absolute Gasteiger partial charge is 0.512 e. The highest BCUT2D eigenvalue weighted by Gasteiger charge is 2.59. The minimum Gasteiger partial charge on any atom is -0.512 e. The van der Waals surface area contributed by atoms with Gasteiger partial charge in [0.1, 0.15) is 189 Å². The molecule has 40 heteroatoms. The average Bonchev–Trinajstić information content (AvgIpc) is 1.61. The second-order valence-electron chi connectivity index (χ2n) is 22.2. The lowest BCUT2D eigenvalue weighted by molar-refractivity contribution is -0.394. The summed E-state index contributed by atoms with van der Waals surface area (Å²) >= 11 is 0. The second kappa shape index (κ2) is 31.6. The van der Waals surface area contributed by atoms with Crippen LogP contribution in [0.5, 0.6) is 0 Å². The van der Waals surface area contributed by atoms with Gasteiger partial charge < -0.3 is 198 Å². The van der Waals surface area contributed by atoms with E-state index in [9.17, 15) is 123 Å². The topological polar surface area (TPSA) is 633 Å². The van der Waals surface area contributed by atoms with Gasteiger partial charge in [0.05, 0.1) is 52.9 Å². The molecule has 18 aliphatic heterocycles. The fraction of sp³-hybridized carbons (Fsp3) is 0.959. The van der Waals surface area contributed by atoms with Crippen LogP contribution in [0.4, 0.5) is 0 Å². The lowest BCUT2D eigenvalue weighted by Gasteiger charge is -2.49. The van der Waals surface area contributed by atoms with E-state index in [1.807, 2.05) is 0 Å². The Bertz CT molecular complexity index is 2170. The van der Waals surface area contributed by atoms with Gasteiger partial charge in [0.15, 0.2) is 49.8 Å². The summed E-state index contributed by atoms with van der Waals surface area (Å²) in [4.78, 5) is 0. The van der Waals surface area contributed by atoms with Crippen LogP contribution >= 0.6 is 0 Å². The van der Waals surface area contributed by atoms with E-state index >= 15 is 0 Å². The number of hydrogen-bond donors (Lipinski definition) is 24. The van der Waals surface area contributed by atoms with Gasteiger partial charge in [-0.25, -0.2) is 0 Å². The molecule has 18 fully saturated rings. The van der Waals surface area contributed by atoms with Crippen LogP contribution in [0.3, 0.4) is 0 Å². The van der Waals surface area contributed by atoms with Crippen molar-refractivity contribution in [1.82, 2.24) is 0 Å². The van der Waals surface area contributed by atoms with Gasteiger partial charge >= 0.3 is 0 Å². The minimum atomic E-state index is -2.29. The van der Waals surface area contributed by atoms with E-state index in [0.29, 0.717) is 0 Å². The van der Waals surface area contributed by atoms with Crippen molar-refractivity contribution < 1.29 is 198 Å². The van der Waals surface area contributed by atoms with Crippen LogP contribution in [0.2, 0.25) is 0 Å². The first-order chi connectivity index (χ1) is 42.3. The Hall–Kier alpha value is -2.18. The number of fused-ring (bicyclic) bond motifs is 1. The molecule has 18 heterocycles. The van der Waals surface area contributed by atoms with Gasteiger partial charge in [-0.05, 0) is 6.92 Å². The summed E-state index contributed by atoms with van der Waals surface area (Å²) < 4.78 is 90.9. The lowest BCUT2D eigenvalue weighted by atomic mass is 9.95. The fourth-order valence-electron chi connectivity index (χ4n) is 11.3. The molecule has 0 radical (unpaired) electrons. The molecule has 0 spiro atoms. The van der Waals surface area contributed by atoms with Gasteiger partial charge in [-0.3, -0.25) is 0 Å². The summed E-state index contributed by atoms with van der Waals surface area (Å²) in [5.74, 6) is -0.811. The zero-order valence-corrected chi connectivity index (χ0v) is 46.9. The van der Waals surface area contributed by atoms with Crippen LogP contribution in [0.25, 0.3) is 0 Å². The van der Waals surface area contributed by atoms with E-state index in [-0.39, 0.29) is 6.26 Å². The van der Waals surface area contributed by atoms with Gasteiger partial charge in [-0.1, -0.05) is 0 Å². The Kier molecular flexibility index (Phi) is 25.8. The summed E-state index contributed by atoms with van der Waals surface area (Å²) in [6.45, 7) is -7.65. The van der Waals surface area contributed by atoms with Gasteiger partial charge in [-0.2, -0.15) is 0 Å². The molecule has 18 aliphatic rings. The maximum absolute atomic E-state index is 11.4. The number of ether oxygens (including phenoxy) is 16. The van der Waals surface area contributed by atoms with Gasteiger partial charge in [0.2, 0.25) is 6.29 Å². The molecule has 18 rings (SSSR count). The highest BCUT2D eigenvalue weighted by Crippen LogP contribution is 2.39. The average molecular weight is 1310 g/mol. The van der Waals surface area contributed by atoms with Crippen molar-refractivity contribution in [3.63, 3.8) is 0 Å². The fourth-order valence-corrected chi connectivity index (χ4v) is 11.3. The third kappa shape index (κ3) is 15.1. The predicted molar refractivity (Wildman–Crippen MR) is 268 cm³/mol. The highest BCUT2D eigenvalue weighted by molar-refractivity contribution is 5.08. The molecule has 40 nitrogen and oxygen atoms in total. The van der Waals surface area contributed by atoms with E-state index in [4.69, 9.17) is 75.8 Å². The first-order valence-electron chi connectivity index (χ1n) is 28.3. The van der Waals surface area contributed by atoms with Crippen molar-refractivity contribution in [2.75, 3.05) is 52.9 Å². The zero-order chi connectivity index (χ0) is 65.2. The number of aliphatic hydroxyl groups is 24. The molecule has 0 aromatic heterocycles. The smallest absolute Gasteiger partial charge is 0.229 e. The molecule has 14 bridgehead atoms. The van der Waals surface area contributed by atoms with Crippen molar-refractivity contribution in [2.45, 2.75) is 240 Å². The lowest BCUT2D eigenvalue weighted by Crippen LogP contribution is -2.68. The Balaban J connectivity index is 1.06. The number of hydrogen-bond acceptors (Lipinski definition) is 40. The summed E-state index contributed by atoms with van der Waals surface area (Å²) in [6, 6.07) is 0. The number of rotatable bonds is 9. The van der Waals surface area contributed by atoms with Crippen LogP contribution < -0.4 is 0 Å². The summed E-state index contributed by atoms with van der Waals surface area (Å²) in [7, 11) is 0. The third-order valence-corrected chi connectivity index (χ3v) is 16.3. The molecule has 18 saturated heterocycles. The second-order valence-corrected chi connectivity index (χ2v) is 22.2. The van der Waals surface area contributed by atoms with Crippen LogP contribution in [-0.2, 0) is 75.8 Å². The molecule has 38 atom stereocenters. The molecule has 0 saturated carbocycles. The molecule has 1 unspecified atom stereocenters. The molecular weight excluding hydrogens is 1230 g/mol. The maximum atomic E-state index is 11.4. The Morgan fingerprint density at radius 1 is 0.281 bits per heavy atom. The number of aliphatic hydroxyl groups excluding tert-OH is 24. The summed E-state index contributed by atoms with van der Waals surface area (Å²) in [5, 5.41) is 263. The Morgan fingerprint density at radius 2 is 0.506 bits per heavy atom. The minimum absolute atomic E-state index is 0.187. The Labute approximate surface area is 502 Å². The highest BCUT2D eigenvalue weighted by atomic mass is 16.8. The Morgan fingerprint density at radius 3 is 0.775 bits per heavy atom. The molecular formula is C49H82O40. The molecule has 89 heavy (non-hydrogen) atoms. The first-order valence-corrected chi connectivity index (χ1v) is 28.3. The molecule has 0 aromatic carbocycles. The van der Waals surface area contributed by atoms with E-state index in [1.165, 1.54) is 0 Å². The third-order valence-electron chi connectivity index (χ3n) is 16.3. The van der Waals surface area contributed by atoms with E-state index in [2.05, 4.69) is 0 Å². The maximum Gasteiger partial charge on any atom is 0.229 e. The molecule has 0 amide bonds. The summed E-state index contributed by atoms with van der Waals surface area (Å²) in [6.07, 6.45) is -77.6. The molecule has 0 aliphatic carbocycles. The zero-order valence-electron chi connectivity index (χ0n) is 46.9. The van der Waals surface area contributed by atoms with Crippen LogP contribution in [0.15, 0.2) is 12.0 Å². The van der Waals surface area contributed by atoms with Crippen LogP contribution in [0, 0.1) is 0 Å². The van der Waals surface area contributed by atoms with Crippen molar-refractivity contribution in [3.05, 3.63) is 12.0 Å².